The van der Waals surface area contributed by atoms with Crippen molar-refractivity contribution in [3.63, 3.8) is 0 Å². The molecular weight excluding hydrogens is 438 g/mol. The summed E-state index contributed by atoms with van der Waals surface area (Å²) >= 11 is 0. The van der Waals surface area contributed by atoms with Crippen LogP contribution < -0.4 is 5.32 Å². The molecule has 1 aliphatic rings. The highest BCUT2D eigenvalue weighted by Gasteiger charge is 2.29. The van der Waals surface area contributed by atoms with Crippen molar-refractivity contribution in [1.82, 2.24) is 9.29 Å². The first kappa shape index (κ1) is 23.2. The zero-order chi connectivity index (χ0) is 23.4. The molecule has 0 unspecified atom stereocenters. The van der Waals surface area contributed by atoms with Crippen molar-refractivity contribution in [1.29, 1.82) is 0 Å². The van der Waals surface area contributed by atoms with Crippen molar-refractivity contribution in [3.8, 4) is 11.5 Å². The topological polar surface area (TPSA) is 92.5 Å². The Morgan fingerprint density at radius 1 is 1.06 bits per heavy atom. The zero-order valence-electron chi connectivity index (χ0n) is 19.0. The number of benzene rings is 2. The molecule has 1 saturated carbocycles. The Morgan fingerprint density at radius 2 is 1.73 bits per heavy atom. The Labute approximate surface area is 194 Å². The van der Waals surface area contributed by atoms with E-state index in [2.05, 4.69) is 10.3 Å². The molecule has 0 radical (unpaired) electrons. The number of nitrogens with one attached hydrogen (secondary N) is 1. The third-order valence-corrected chi connectivity index (χ3v) is 8.07. The van der Waals surface area contributed by atoms with Gasteiger partial charge in [0.15, 0.2) is 0 Å². The highest BCUT2D eigenvalue weighted by molar-refractivity contribution is 7.89. The molecule has 1 heterocycles. The van der Waals surface area contributed by atoms with Gasteiger partial charge in [0.25, 0.3) is 0 Å². The van der Waals surface area contributed by atoms with E-state index in [-0.39, 0.29) is 23.3 Å². The van der Waals surface area contributed by atoms with Crippen LogP contribution in [0.1, 0.15) is 43.6 Å². The molecule has 2 aromatic carbocycles. The van der Waals surface area contributed by atoms with Gasteiger partial charge in [-0.2, -0.15) is 4.31 Å². The summed E-state index contributed by atoms with van der Waals surface area (Å²) in [6, 6.07) is 15.9. The number of sulfonamides is 1. The number of amides is 1. The Bertz CT molecular complexity index is 1200. The summed E-state index contributed by atoms with van der Waals surface area (Å²) in [5, 5.41) is 2.81. The molecule has 1 fully saturated rings. The van der Waals surface area contributed by atoms with Gasteiger partial charge in [0, 0.05) is 24.3 Å². The molecular formula is C25H29N3O4S. The van der Waals surface area contributed by atoms with E-state index >= 15 is 0 Å². The SMILES string of the molecule is Cc1oc(-c2ccccc2)nc1CC(=O)Nc1ccc(S(=O)(=O)N(C)C2CCCCC2)cc1. The first-order chi connectivity index (χ1) is 15.8. The summed E-state index contributed by atoms with van der Waals surface area (Å²) in [5.74, 6) is 0.824. The van der Waals surface area contributed by atoms with Gasteiger partial charge in [0.05, 0.1) is 17.0 Å². The quantitative estimate of drug-likeness (QED) is 0.540. The Morgan fingerprint density at radius 3 is 2.39 bits per heavy atom. The van der Waals surface area contributed by atoms with Crippen LogP contribution in [0.5, 0.6) is 0 Å². The molecule has 3 aromatic rings. The van der Waals surface area contributed by atoms with E-state index in [1.54, 1.807) is 38.2 Å². The van der Waals surface area contributed by atoms with Crippen LogP contribution in [0.25, 0.3) is 11.5 Å². The minimum atomic E-state index is -3.56. The second-order valence-corrected chi connectivity index (χ2v) is 10.4. The lowest BCUT2D eigenvalue weighted by atomic mass is 9.96. The molecule has 174 valence electrons. The number of anilines is 1. The van der Waals surface area contributed by atoms with E-state index < -0.39 is 10.0 Å². The van der Waals surface area contributed by atoms with Gasteiger partial charge in [-0.05, 0) is 56.2 Å². The van der Waals surface area contributed by atoms with Crippen LogP contribution in [0.2, 0.25) is 0 Å². The third kappa shape index (κ3) is 5.34. The summed E-state index contributed by atoms with van der Waals surface area (Å²) in [6.45, 7) is 1.78. The smallest absolute Gasteiger partial charge is 0.243 e. The number of hydrogen-bond donors (Lipinski definition) is 1. The maximum Gasteiger partial charge on any atom is 0.243 e. The van der Waals surface area contributed by atoms with Gasteiger partial charge in [0.1, 0.15) is 5.76 Å². The molecule has 0 aliphatic heterocycles. The lowest BCUT2D eigenvalue weighted by Crippen LogP contribution is -2.38. The van der Waals surface area contributed by atoms with Crippen LogP contribution in [-0.4, -0.2) is 36.7 Å². The van der Waals surface area contributed by atoms with Crippen molar-refractivity contribution in [3.05, 3.63) is 66.1 Å². The number of oxazole rings is 1. The first-order valence-electron chi connectivity index (χ1n) is 11.2. The van der Waals surface area contributed by atoms with E-state index in [1.165, 1.54) is 10.7 Å². The van der Waals surface area contributed by atoms with Gasteiger partial charge in [-0.1, -0.05) is 37.5 Å². The maximum atomic E-state index is 13.0. The van der Waals surface area contributed by atoms with Gasteiger partial charge >= 0.3 is 0 Å². The lowest BCUT2D eigenvalue weighted by molar-refractivity contribution is -0.115. The van der Waals surface area contributed by atoms with Gasteiger partial charge in [-0.25, -0.2) is 13.4 Å². The van der Waals surface area contributed by atoms with Crippen molar-refractivity contribution in [2.45, 2.75) is 56.4 Å². The number of aryl methyl sites for hydroxylation is 1. The minimum absolute atomic E-state index is 0.0506. The zero-order valence-corrected chi connectivity index (χ0v) is 19.8. The Hall–Kier alpha value is -2.97. The van der Waals surface area contributed by atoms with E-state index in [0.717, 1.165) is 31.2 Å². The van der Waals surface area contributed by atoms with Crippen LogP contribution in [0.3, 0.4) is 0 Å². The molecule has 0 bridgehead atoms. The summed E-state index contributed by atoms with van der Waals surface area (Å²) in [7, 11) is -1.91. The predicted octanol–water partition coefficient (Wildman–Crippen LogP) is 4.78. The average molecular weight is 468 g/mol. The van der Waals surface area contributed by atoms with Crippen LogP contribution in [-0.2, 0) is 21.2 Å². The minimum Gasteiger partial charge on any atom is -0.441 e. The van der Waals surface area contributed by atoms with Crippen molar-refractivity contribution < 1.29 is 17.6 Å². The molecule has 1 aromatic heterocycles. The fourth-order valence-corrected chi connectivity index (χ4v) is 5.59. The van der Waals surface area contributed by atoms with E-state index in [4.69, 9.17) is 4.42 Å². The molecule has 0 atom stereocenters. The predicted molar refractivity (Wildman–Crippen MR) is 127 cm³/mol. The van der Waals surface area contributed by atoms with E-state index in [0.29, 0.717) is 23.0 Å². The largest absolute Gasteiger partial charge is 0.441 e. The highest BCUT2D eigenvalue weighted by Crippen LogP contribution is 2.27. The molecule has 0 spiro atoms. The van der Waals surface area contributed by atoms with Crippen LogP contribution >= 0.6 is 0 Å². The van der Waals surface area contributed by atoms with Crippen LogP contribution in [0.15, 0.2) is 63.9 Å². The molecule has 8 heteroatoms. The summed E-state index contributed by atoms with van der Waals surface area (Å²) < 4.78 is 33.2. The normalized spacial score (nSPS) is 15.0. The Balaban J connectivity index is 1.40. The molecule has 4 rings (SSSR count). The lowest BCUT2D eigenvalue weighted by Gasteiger charge is -2.30. The van der Waals surface area contributed by atoms with Crippen LogP contribution in [0, 0.1) is 6.92 Å². The number of nitrogens with zero attached hydrogens (tertiary/aromatic N) is 2. The summed E-state index contributed by atoms with van der Waals surface area (Å²) in [4.78, 5) is 17.2. The maximum absolute atomic E-state index is 13.0. The van der Waals surface area contributed by atoms with Gasteiger partial charge in [-0.15, -0.1) is 0 Å². The number of carbonyl (C=O) groups is 1. The number of hydrogen-bond acceptors (Lipinski definition) is 5. The molecule has 33 heavy (non-hydrogen) atoms. The molecule has 1 aliphatic carbocycles. The average Bonchev–Trinajstić information content (AvgIpc) is 3.20. The second kappa shape index (κ2) is 9.89. The van der Waals surface area contributed by atoms with Crippen molar-refractivity contribution in [2.75, 3.05) is 12.4 Å². The molecule has 1 N–H and O–H groups in total. The number of carbonyl (C=O) groups excluding carboxylic acids is 1. The molecule has 1 amide bonds. The fourth-order valence-electron chi connectivity index (χ4n) is 4.17. The van der Waals surface area contributed by atoms with Gasteiger partial charge in [-0.3, -0.25) is 4.79 Å². The summed E-state index contributed by atoms with van der Waals surface area (Å²) in [6.07, 6.45) is 5.15. The fraction of sp³-hybridized carbons (Fsp3) is 0.360. The van der Waals surface area contributed by atoms with Crippen LogP contribution in [0.4, 0.5) is 5.69 Å². The van der Waals surface area contributed by atoms with Gasteiger partial charge < -0.3 is 9.73 Å². The second-order valence-electron chi connectivity index (χ2n) is 8.45. The van der Waals surface area contributed by atoms with E-state index in [9.17, 15) is 13.2 Å². The standard InChI is InChI=1S/C25H29N3O4S/c1-18-23(27-25(32-18)19-9-5-3-6-10-19)17-24(29)26-20-13-15-22(16-14-20)33(30,31)28(2)21-11-7-4-8-12-21/h3,5-6,9-10,13-16,21H,4,7-8,11-12,17H2,1-2H3,(H,26,29). The van der Waals surface area contributed by atoms with Crippen molar-refractivity contribution >= 4 is 21.6 Å². The Kier molecular flexibility index (Phi) is 6.95. The monoisotopic (exact) mass is 467 g/mol. The highest BCUT2D eigenvalue weighted by atomic mass is 32.2. The van der Waals surface area contributed by atoms with Crippen molar-refractivity contribution in [2.24, 2.45) is 0 Å². The van der Waals surface area contributed by atoms with Gasteiger partial charge in [0.2, 0.25) is 21.8 Å². The first-order valence-corrected chi connectivity index (χ1v) is 12.7. The van der Waals surface area contributed by atoms with E-state index in [1.807, 2.05) is 30.3 Å². The number of aromatic nitrogens is 1. The third-order valence-electron chi connectivity index (χ3n) is 6.15. The molecule has 0 saturated heterocycles. The molecule has 7 nitrogen and oxygen atoms in total. The summed E-state index contributed by atoms with van der Waals surface area (Å²) in [5.41, 5.74) is 1.95. The number of rotatable bonds is 7.